The summed E-state index contributed by atoms with van der Waals surface area (Å²) >= 11 is 0. The van der Waals surface area contributed by atoms with Gasteiger partial charge in [0.25, 0.3) is 5.91 Å². The molecule has 2 saturated heterocycles. The third-order valence-corrected chi connectivity index (χ3v) is 8.74. The summed E-state index contributed by atoms with van der Waals surface area (Å²) in [6.45, 7) is 8.77. The van der Waals surface area contributed by atoms with E-state index in [-0.39, 0.29) is 30.1 Å². The molecule has 240 valence electrons. The van der Waals surface area contributed by atoms with E-state index in [1.165, 1.54) is 23.9 Å². The number of hydrogen-bond donors (Lipinski definition) is 3. The lowest BCUT2D eigenvalue weighted by Crippen LogP contribution is -2.56. The summed E-state index contributed by atoms with van der Waals surface area (Å²) in [6.07, 6.45) is 4.87. The number of ether oxygens (including phenoxy) is 1. The number of anilines is 2. The van der Waals surface area contributed by atoms with E-state index in [9.17, 15) is 14.7 Å². The molecule has 3 aliphatic heterocycles. The number of nitrogens with one attached hydrogen (secondary N) is 2. The van der Waals surface area contributed by atoms with Crippen molar-refractivity contribution in [3.63, 3.8) is 0 Å². The third kappa shape index (κ3) is 7.71. The number of nitrogens with zero attached hydrogens (tertiary/aromatic N) is 6. The second-order valence-corrected chi connectivity index (χ2v) is 12.2. The third-order valence-electron chi connectivity index (χ3n) is 8.74. The van der Waals surface area contributed by atoms with Crippen molar-refractivity contribution >= 4 is 23.6 Å². The topological polar surface area (TPSA) is 149 Å². The maximum absolute atomic E-state index is 13.2. The zero-order valence-electron chi connectivity index (χ0n) is 26.0. The van der Waals surface area contributed by atoms with Gasteiger partial charge in [-0.3, -0.25) is 14.5 Å². The maximum Gasteiger partial charge on any atom is 0.270 e. The number of fused-ring (bicyclic) bond motifs is 1. The quantitative estimate of drug-likeness (QED) is 0.290. The molecule has 2 amide bonds. The molecule has 5 heterocycles. The number of aliphatic hydroxyl groups excluding tert-OH is 1. The Bertz CT molecular complexity index is 1500. The molecule has 13 heteroatoms. The summed E-state index contributed by atoms with van der Waals surface area (Å²) in [4.78, 5) is 44.3. The molecule has 1 atom stereocenters. The molecule has 1 aromatic carbocycles. The van der Waals surface area contributed by atoms with Gasteiger partial charge >= 0.3 is 0 Å². The number of carbonyl (C=O) groups is 2. The standard InChI is InChI=1S/C32H42N8O5/c1-21-29(45-20-34-21)19-44-27-7-6-24-15-38(11-8-23(24)12-27)18-26(42)14-33-31(43)28-13-30(39-9-4-3-5-10-39)37-32(36-28)35-25-16-40(17-25)22(2)41/h6-7,12-13,20,25-26,42H,3-5,8-11,14-19H2,1-2H3,(H,33,43)(H,35,36,37). The van der Waals surface area contributed by atoms with Crippen molar-refractivity contribution < 1.29 is 23.8 Å². The Hall–Kier alpha value is -4.23. The first-order valence-corrected chi connectivity index (χ1v) is 15.8. The number of rotatable bonds is 11. The smallest absolute Gasteiger partial charge is 0.270 e. The number of aryl methyl sites for hydroxylation is 1. The van der Waals surface area contributed by atoms with Crippen LogP contribution in [0.1, 0.15) is 59.3 Å². The monoisotopic (exact) mass is 618 g/mol. The Kier molecular flexibility index (Phi) is 9.45. The van der Waals surface area contributed by atoms with Gasteiger partial charge in [-0.2, -0.15) is 4.98 Å². The normalized spacial score (nSPS) is 17.8. The number of likely N-dealkylation sites (tertiary alicyclic amines) is 1. The molecule has 0 radical (unpaired) electrons. The van der Waals surface area contributed by atoms with E-state index in [0.717, 1.165) is 56.1 Å². The van der Waals surface area contributed by atoms with E-state index < -0.39 is 6.10 Å². The van der Waals surface area contributed by atoms with Crippen LogP contribution in [0, 0.1) is 6.92 Å². The molecule has 0 saturated carbocycles. The number of benzene rings is 1. The largest absolute Gasteiger partial charge is 0.486 e. The zero-order chi connectivity index (χ0) is 31.3. The van der Waals surface area contributed by atoms with Crippen molar-refractivity contribution in [3.05, 3.63) is 58.9 Å². The molecule has 13 nitrogen and oxygen atoms in total. The molecule has 1 unspecified atom stereocenters. The summed E-state index contributed by atoms with van der Waals surface area (Å²) in [5.74, 6) is 2.29. The molecule has 3 aromatic rings. The van der Waals surface area contributed by atoms with Crippen LogP contribution in [0.2, 0.25) is 0 Å². The summed E-state index contributed by atoms with van der Waals surface area (Å²) in [7, 11) is 0. The molecule has 3 aliphatic rings. The Morgan fingerprint density at radius 3 is 2.69 bits per heavy atom. The van der Waals surface area contributed by atoms with Gasteiger partial charge in [0.15, 0.2) is 12.2 Å². The van der Waals surface area contributed by atoms with E-state index in [1.807, 2.05) is 13.0 Å². The first kappa shape index (κ1) is 30.8. The van der Waals surface area contributed by atoms with Gasteiger partial charge in [-0.15, -0.1) is 0 Å². The summed E-state index contributed by atoms with van der Waals surface area (Å²) in [5, 5.41) is 17.0. The summed E-state index contributed by atoms with van der Waals surface area (Å²) in [5.41, 5.74) is 3.51. The highest BCUT2D eigenvalue weighted by atomic mass is 16.5. The highest BCUT2D eigenvalue weighted by Gasteiger charge is 2.30. The van der Waals surface area contributed by atoms with E-state index in [1.54, 1.807) is 17.9 Å². The molecule has 0 spiro atoms. The molecule has 2 aromatic heterocycles. The van der Waals surface area contributed by atoms with Crippen LogP contribution in [0.4, 0.5) is 11.8 Å². The Balaban J connectivity index is 1.02. The number of aliphatic hydroxyl groups is 1. The van der Waals surface area contributed by atoms with Crippen molar-refractivity contribution in [2.24, 2.45) is 0 Å². The van der Waals surface area contributed by atoms with Crippen LogP contribution >= 0.6 is 0 Å². The zero-order valence-corrected chi connectivity index (χ0v) is 26.0. The van der Waals surface area contributed by atoms with E-state index in [0.29, 0.717) is 44.6 Å². The minimum absolute atomic E-state index is 0.0392. The minimum atomic E-state index is -0.739. The summed E-state index contributed by atoms with van der Waals surface area (Å²) < 4.78 is 11.3. The number of hydrogen-bond acceptors (Lipinski definition) is 11. The lowest BCUT2D eigenvalue weighted by atomic mass is 9.99. The predicted octanol–water partition coefficient (Wildman–Crippen LogP) is 2.13. The molecule has 0 bridgehead atoms. The molecule has 6 rings (SSSR count). The highest BCUT2D eigenvalue weighted by molar-refractivity contribution is 5.93. The Labute approximate surface area is 263 Å². The summed E-state index contributed by atoms with van der Waals surface area (Å²) in [6, 6.07) is 7.87. The first-order chi connectivity index (χ1) is 21.8. The lowest BCUT2D eigenvalue weighted by molar-refractivity contribution is -0.132. The van der Waals surface area contributed by atoms with Crippen LogP contribution in [0.15, 0.2) is 35.1 Å². The van der Waals surface area contributed by atoms with E-state index in [4.69, 9.17) is 14.1 Å². The number of aromatic nitrogens is 3. The van der Waals surface area contributed by atoms with Crippen LogP contribution in [-0.4, -0.2) is 99.6 Å². The van der Waals surface area contributed by atoms with Gasteiger partial charge in [0.1, 0.15) is 23.9 Å². The number of amides is 2. The van der Waals surface area contributed by atoms with Crippen LogP contribution in [0.5, 0.6) is 5.75 Å². The molecule has 2 fully saturated rings. The SMILES string of the molecule is CC(=O)N1CC(Nc2nc(C(=O)NCC(O)CN3CCc4cc(OCc5ocnc5C)ccc4C3)cc(N3CCCCC3)n2)C1. The van der Waals surface area contributed by atoms with E-state index in [2.05, 4.69) is 42.5 Å². The highest BCUT2D eigenvalue weighted by Crippen LogP contribution is 2.25. The molecule has 45 heavy (non-hydrogen) atoms. The predicted molar refractivity (Wildman–Crippen MR) is 167 cm³/mol. The van der Waals surface area contributed by atoms with Crippen molar-refractivity contribution in [3.8, 4) is 5.75 Å². The van der Waals surface area contributed by atoms with Crippen LogP contribution in [0.3, 0.4) is 0 Å². The van der Waals surface area contributed by atoms with Gasteiger partial charge < -0.3 is 34.7 Å². The molecular formula is C32H42N8O5. The van der Waals surface area contributed by atoms with Gasteiger partial charge in [-0.1, -0.05) is 6.07 Å². The van der Waals surface area contributed by atoms with Gasteiger partial charge in [-0.25, -0.2) is 9.97 Å². The fourth-order valence-electron chi connectivity index (χ4n) is 6.02. The van der Waals surface area contributed by atoms with Gasteiger partial charge in [0, 0.05) is 65.3 Å². The van der Waals surface area contributed by atoms with Crippen molar-refractivity contribution in [1.29, 1.82) is 0 Å². The number of carbonyl (C=O) groups excluding carboxylic acids is 2. The van der Waals surface area contributed by atoms with Gasteiger partial charge in [-0.05, 0) is 55.9 Å². The van der Waals surface area contributed by atoms with Crippen LogP contribution in [0.25, 0.3) is 0 Å². The van der Waals surface area contributed by atoms with Crippen molar-refractivity contribution in [2.75, 3.05) is 56.0 Å². The minimum Gasteiger partial charge on any atom is -0.486 e. The second-order valence-electron chi connectivity index (χ2n) is 12.2. The van der Waals surface area contributed by atoms with Crippen LogP contribution in [-0.2, 0) is 24.4 Å². The molecule has 0 aliphatic carbocycles. The number of β-amino-alcohol motifs (C(OH)–C–C–N with tert-alkyl or cyclic N) is 1. The molecular weight excluding hydrogens is 576 g/mol. The average molecular weight is 619 g/mol. The van der Waals surface area contributed by atoms with Crippen molar-refractivity contribution in [2.45, 2.75) is 64.8 Å². The first-order valence-electron chi connectivity index (χ1n) is 15.8. The second kappa shape index (κ2) is 13.8. The van der Waals surface area contributed by atoms with Gasteiger partial charge in [0.2, 0.25) is 11.9 Å². The Morgan fingerprint density at radius 1 is 1.11 bits per heavy atom. The Morgan fingerprint density at radius 2 is 1.93 bits per heavy atom. The number of piperidine rings is 1. The average Bonchev–Trinajstić information content (AvgIpc) is 3.44. The maximum atomic E-state index is 13.2. The molecule has 3 N–H and O–H groups in total. The van der Waals surface area contributed by atoms with Crippen molar-refractivity contribution in [1.82, 2.24) is 30.1 Å². The van der Waals surface area contributed by atoms with Crippen LogP contribution < -0.4 is 20.3 Å². The van der Waals surface area contributed by atoms with E-state index >= 15 is 0 Å². The number of oxazole rings is 1. The fourth-order valence-corrected chi connectivity index (χ4v) is 6.02. The lowest BCUT2D eigenvalue weighted by Gasteiger charge is -2.39. The fraction of sp³-hybridized carbons (Fsp3) is 0.531. The van der Waals surface area contributed by atoms with Gasteiger partial charge in [0.05, 0.1) is 17.8 Å².